The lowest BCUT2D eigenvalue weighted by Gasteiger charge is -2.24. The topological polar surface area (TPSA) is 87.7 Å². The van der Waals surface area contributed by atoms with Gasteiger partial charge in [-0.05, 0) is 90.8 Å². The van der Waals surface area contributed by atoms with Gasteiger partial charge in [-0.25, -0.2) is 0 Å². The van der Waals surface area contributed by atoms with Crippen molar-refractivity contribution in [3.63, 3.8) is 0 Å². The minimum Gasteiger partial charge on any atom is -0.491 e. The molecule has 0 fully saturated rings. The van der Waals surface area contributed by atoms with Gasteiger partial charge >= 0.3 is 5.97 Å². The molecule has 0 spiro atoms. The molecule has 0 aliphatic rings. The summed E-state index contributed by atoms with van der Waals surface area (Å²) < 4.78 is 5.78. The standard InChI is InChI=1S/C38H44N2O4/c1-5-10-28-15-19-30(20-16-28)37(31-21-17-29(11-6-2)18-22-31)39-33-24-23-32(26(3)27(33)4)38(43)40-34-12-7-8-13-35(34)44-25-9-14-36(41)42/h7-8,12-13,15-24,37,39H,5-6,9-11,14,25H2,1-4H3,(H,40,43)(H,41,42). The Morgan fingerprint density at radius 1 is 0.750 bits per heavy atom. The molecule has 0 aromatic heterocycles. The Balaban J connectivity index is 1.56. The van der Waals surface area contributed by atoms with Gasteiger partial charge in [-0.2, -0.15) is 0 Å². The number of anilines is 2. The lowest BCUT2D eigenvalue weighted by atomic mass is 9.94. The van der Waals surface area contributed by atoms with Gasteiger partial charge in [0.2, 0.25) is 0 Å². The molecule has 0 aliphatic carbocycles. The maximum absolute atomic E-state index is 13.4. The fourth-order valence-electron chi connectivity index (χ4n) is 5.36. The number of carbonyl (C=O) groups is 2. The molecule has 3 N–H and O–H groups in total. The van der Waals surface area contributed by atoms with Gasteiger partial charge in [0.1, 0.15) is 5.75 Å². The van der Waals surface area contributed by atoms with Gasteiger partial charge in [-0.15, -0.1) is 0 Å². The minimum atomic E-state index is -0.861. The Bertz CT molecular complexity index is 1500. The van der Waals surface area contributed by atoms with Crippen LogP contribution in [0.25, 0.3) is 0 Å². The van der Waals surface area contributed by atoms with Crippen LogP contribution in [0.15, 0.2) is 84.9 Å². The third-order valence-electron chi connectivity index (χ3n) is 7.96. The van der Waals surface area contributed by atoms with Gasteiger partial charge in [-0.3, -0.25) is 9.59 Å². The van der Waals surface area contributed by atoms with E-state index in [-0.39, 0.29) is 25.0 Å². The van der Waals surface area contributed by atoms with Crippen molar-refractivity contribution >= 4 is 23.3 Å². The number of benzene rings is 4. The summed E-state index contributed by atoms with van der Waals surface area (Å²) in [5.74, 6) is -0.579. The number of aliphatic carboxylic acids is 1. The minimum absolute atomic E-state index is 0.0303. The fourth-order valence-corrected chi connectivity index (χ4v) is 5.36. The Morgan fingerprint density at radius 2 is 1.34 bits per heavy atom. The number of para-hydroxylation sites is 2. The number of amides is 1. The summed E-state index contributed by atoms with van der Waals surface area (Å²) in [6.45, 7) is 8.66. The van der Waals surface area contributed by atoms with Crippen molar-refractivity contribution in [1.82, 2.24) is 0 Å². The highest BCUT2D eigenvalue weighted by Gasteiger charge is 2.19. The number of ether oxygens (including phenoxy) is 1. The number of aryl methyl sites for hydroxylation is 2. The molecule has 0 aliphatic heterocycles. The molecule has 0 heterocycles. The normalized spacial score (nSPS) is 10.9. The van der Waals surface area contributed by atoms with E-state index in [1.807, 2.05) is 38.1 Å². The second-order valence-electron chi connectivity index (χ2n) is 11.3. The van der Waals surface area contributed by atoms with Crippen LogP contribution in [-0.2, 0) is 17.6 Å². The second-order valence-corrected chi connectivity index (χ2v) is 11.3. The Labute approximate surface area is 261 Å². The number of hydrogen-bond donors (Lipinski definition) is 3. The first-order valence-corrected chi connectivity index (χ1v) is 15.6. The number of hydrogen-bond acceptors (Lipinski definition) is 4. The van der Waals surface area contributed by atoms with E-state index >= 15 is 0 Å². The van der Waals surface area contributed by atoms with Crippen molar-refractivity contribution in [3.8, 4) is 5.75 Å². The van der Waals surface area contributed by atoms with Crippen LogP contribution >= 0.6 is 0 Å². The average Bonchev–Trinajstić information content (AvgIpc) is 3.02. The summed E-state index contributed by atoms with van der Waals surface area (Å²) in [7, 11) is 0. The first-order valence-electron chi connectivity index (χ1n) is 15.6. The Hall–Kier alpha value is -4.58. The Kier molecular flexibility index (Phi) is 11.6. The molecule has 6 nitrogen and oxygen atoms in total. The van der Waals surface area contributed by atoms with E-state index in [0.717, 1.165) is 42.5 Å². The molecular formula is C38H44N2O4. The van der Waals surface area contributed by atoms with Gasteiger partial charge in [0.25, 0.3) is 5.91 Å². The summed E-state index contributed by atoms with van der Waals surface area (Å²) in [6, 6.07) is 28.7. The van der Waals surface area contributed by atoms with Crippen LogP contribution in [-0.4, -0.2) is 23.6 Å². The van der Waals surface area contributed by atoms with Gasteiger partial charge < -0.3 is 20.5 Å². The number of rotatable bonds is 15. The van der Waals surface area contributed by atoms with Crippen molar-refractivity contribution < 1.29 is 19.4 Å². The van der Waals surface area contributed by atoms with Crippen molar-refractivity contribution in [3.05, 3.63) is 124 Å². The van der Waals surface area contributed by atoms with Crippen molar-refractivity contribution in [1.29, 1.82) is 0 Å². The third kappa shape index (κ3) is 8.50. The lowest BCUT2D eigenvalue weighted by Crippen LogP contribution is -2.17. The smallest absolute Gasteiger partial charge is 0.303 e. The summed E-state index contributed by atoms with van der Waals surface area (Å²) in [6.07, 6.45) is 4.77. The molecule has 4 aromatic rings. The van der Waals surface area contributed by atoms with E-state index in [1.54, 1.807) is 12.1 Å². The molecule has 0 saturated heterocycles. The molecule has 4 rings (SSSR count). The number of carbonyl (C=O) groups excluding carboxylic acids is 1. The van der Waals surface area contributed by atoms with Gasteiger partial charge in [0, 0.05) is 17.7 Å². The largest absolute Gasteiger partial charge is 0.491 e. The Morgan fingerprint density at radius 3 is 1.91 bits per heavy atom. The van der Waals surface area contributed by atoms with Gasteiger partial charge in [0.15, 0.2) is 0 Å². The van der Waals surface area contributed by atoms with E-state index in [9.17, 15) is 9.59 Å². The predicted molar refractivity (Wildman–Crippen MR) is 179 cm³/mol. The van der Waals surface area contributed by atoms with E-state index in [1.165, 1.54) is 22.3 Å². The van der Waals surface area contributed by atoms with Crippen LogP contribution in [0.3, 0.4) is 0 Å². The van der Waals surface area contributed by atoms with Crippen LogP contribution in [0.4, 0.5) is 11.4 Å². The zero-order chi connectivity index (χ0) is 31.5. The van der Waals surface area contributed by atoms with Crippen molar-refractivity contribution in [2.75, 3.05) is 17.2 Å². The third-order valence-corrected chi connectivity index (χ3v) is 7.96. The summed E-state index contributed by atoms with van der Waals surface area (Å²) in [4.78, 5) is 24.3. The number of nitrogens with one attached hydrogen (secondary N) is 2. The molecular weight excluding hydrogens is 548 g/mol. The molecule has 0 bridgehead atoms. The molecule has 1 amide bonds. The van der Waals surface area contributed by atoms with Gasteiger partial charge in [-0.1, -0.05) is 87.4 Å². The van der Waals surface area contributed by atoms with Crippen molar-refractivity contribution in [2.45, 2.75) is 72.3 Å². The zero-order valence-corrected chi connectivity index (χ0v) is 26.3. The first-order chi connectivity index (χ1) is 21.3. The molecule has 0 radical (unpaired) electrons. The molecule has 4 aromatic carbocycles. The molecule has 0 unspecified atom stereocenters. The summed E-state index contributed by atoms with van der Waals surface area (Å²) in [5.41, 5.74) is 9.04. The van der Waals surface area contributed by atoms with Crippen LogP contribution < -0.4 is 15.4 Å². The van der Waals surface area contributed by atoms with Gasteiger partial charge in [0.05, 0.1) is 18.3 Å². The quantitative estimate of drug-likeness (QED) is 0.120. The van der Waals surface area contributed by atoms with E-state index in [0.29, 0.717) is 23.4 Å². The fraction of sp³-hybridized carbons (Fsp3) is 0.316. The van der Waals surface area contributed by atoms with Crippen LogP contribution in [0, 0.1) is 13.8 Å². The molecule has 6 heteroatoms. The second kappa shape index (κ2) is 15.8. The first kappa shape index (κ1) is 32.3. The average molecular weight is 593 g/mol. The summed E-state index contributed by atoms with van der Waals surface area (Å²) >= 11 is 0. The van der Waals surface area contributed by atoms with Crippen LogP contribution in [0.5, 0.6) is 5.75 Å². The maximum atomic E-state index is 13.4. The number of carboxylic acids is 1. The van der Waals surface area contributed by atoms with Crippen LogP contribution in [0.1, 0.15) is 89.3 Å². The SMILES string of the molecule is CCCc1ccc(C(Nc2ccc(C(=O)Nc3ccccc3OCCCC(=O)O)c(C)c2C)c2ccc(CCC)cc2)cc1. The van der Waals surface area contributed by atoms with Crippen LogP contribution in [0.2, 0.25) is 0 Å². The van der Waals surface area contributed by atoms with E-state index in [4.69, 9.17) is 9.84 Å². The molecule has 230 valence electrons. The highest BCUT2D eigenvalue weighted by Crippen LogP contribution is 2.32. The molecule has 0 atom stereocenters. The monoisotopic (exact) mass is 592 g/mol. The molecule has 44 heavy (non-hydrogen) atoms. The number of carboxylic acid groups (broad SMARTS) is 1. The van der Waals surface area contributed by atoms with Crippen molar-refractivity contribution in [2.24, 2.45) is 0 Å². The van der Waals surface area contributed by atoms with E-state index in [2.05, 4.69) is 73.0 Å². The maximum Gasteiger partial charge on any atom is 0.303 e. The highest BCUT2D eigenvalue weighted by atomic mass is 16.5. The zero-order valence-electron chi connectivity index (χ0n) is 26.3. The highest BCUT2D eigenvalue weighted by molar-refractivity contribution is 6.06. The summed E-state index contributed by atoms with van der Waals surface area (Å²) in [5, 5.41) is 15.7. The predicted octanol–water partition coefficient (Wildman–Crippen LogP) is 8.91. The lowest BCUT2D eigenvalue weighted by molar-refractivity contribution is -0.137. The molecule has 0 saturated carbocycles. The van der Waals surface area contributed by atoms with E-state index < -0.39 is 5.97 Å².